The van der Waals surface area contributed by atoms with Crippen LogP contribution in [0, 0.1) is 17.0 Å². The monoisotopic (exact) mass is 318 g/mol. The Labute approximate surface area is 126 Å². The van der Waals surface area contributed by atoms with E-state index in [0.717, 1.165) is 31.4 Å². The number of anilines is 1. The van der Waals surface area contributed by atoms with Crippen molar-refractivity contribution in [2.75, 3.05) is 11.9 Å². The predicted octanol–water partition coefficient (Wildman–Crippen LogP) is 3.29. The lowest BCUT2D eigenvalue weighted by molar-refractivity contribution is 0.122. The zero-order valence-corrected chi connectivity index (χ0v) is 12.3. The van der Waals surface area contributed by atoms with E-state index in [1.54, 1.807) is 0 Å². The van der Waals surface area contributed by atoms with Gasteiger partial charge in [-0.2, -0.15) is 0 Å². The molecule has 2 rings (SSSR count). The number of rotatable bonds is 3. The Bertz CT molecular complexity index is 533. The van der Waals surface area contributed by atoms with Crippen LogP contribution in [0.25, 0.3) is 0 Å². The Hall–Kier alpha value is -1.40. The third kappa shape index (κ3) is 3.44. The van der Waals surface area contributed by atoms with E-state index in [1.807, 2.05) is 6.92 Å². The van der Waals surface area contributed by atoms with Gasteiger partial charge in [0.25, 0.3) is 0 Å². The van der Waals surface area contributed by atoms with Crippen molar-refractivity contribution in [2.45, 2.75) is 32.2 Å². The van der Waals surface area contributed by atoms with Gasteiger partial charge in [0.2, 0.25) is 0 Å². The van der Waals surface area contributed by atoms with Gasteiger partial charge in [0, 0.05) is 16.5 Å². The number of halogens is 3. The lowest BCUT2D eigenvalue weighted by atomic mass is 9.86. The molecule has 0 spiro atoms. The summed E-state index contributed by atoms with van der Waals surface area (Å²) in [4.78, 5) is 11.9. The fraction of sp³-hybridized carbons (Fsp3) is 0.500. The van der Waals surface area contributed by atoms with E-state index < -0.39 is 28.8 Å². The van der Waals surface area contributed by atoms with Crippen LogP contribution in [0.2, 0.25) is 5.02 Å². The summed E-state index contributed by atoms with van der Waals surface area (Å²) in [5, 5.41) is 14.1. The molecule has 1 saturated carbocycles. The average molecular weight is 319 g/mol. The fourth-order valence-electron chi connectivity index (χ4n) is 2.64. The van der Waals surface area contributed by atoms with Crippen LogP contribution in [0.3, 0.4) is 0 Å². The van der Waals surface area contributed by atoms with E-state index in [4.69, 9.17) is 11.6 Å². The van der Waals surface area contributed by atoms with Crippen LogP contribution in [-0.2, 0) is 0 Å². The molecule has 2 unspecified atom stereocenters. The molecule has 1 fully saturated rings. The topological polar surface area (TPSA) is 61.4 Å². The molecule has 4 nitrogen and oxygen atoms in total. The molecule has 0 saturated heterocycles. The van der Waals surface area contributed by atoms with Crippen molar-refractivity contribution < 1.29 is 18.7 Å². The van der Waals surface area contributed by atoms with E-state index in [1.165, 1.54) is 0 Å². The minimum atomic E-state index is -0.938. The summed E-state index contributed by atoms with van der Waals surface area (Å²) < 4.78 is 27.2. The highest BCUT2D eigenvalue weighted by molar-refractivity contribution is 6.30. The van der Waals surface area contributed by atoms with Gasteiger partial charge in [-0.25, -0.2) is 13.6 Å². The summed E-state index contributed by atoms with van der Waals surface area (Å²) >= 11 is 5.52. The van der Waals surface area contributed by atoms with Crippen LogP contribution in [0.15, 0.2) is 12.1 Å². The largest absolute Gasteiger partial charge is 0.396 e. The van der Waals surface area contributed by atoms with Crippen molar-refractivity contribution in [3.05, 3.63) is 28.8 Å². The highest BCUT2D eigenvalue weighted by Gasteiger charge is 2.39. The van der Waals surface area contributed by atoms with Crippen LogP contribution in [0.1, 0.15) is 26.2 Å². The number of benzene rings is 1. The van der Waals surface area contributed by atoms with Gasteiger partial charge < -0.3 is 15.7 Å². The molecule has 1 aromatic rings. The minimum Gasteiger partial charge on any atom is -0.396 e. The molecule has 7 heteroatoms. The number of hydrogen-bond acceptors (Lipinski definition) is 2. The van der Waals surface area contributed by atoms with Gasteiger partial charge >= 0.3 is 6.03 Å². The third-order valence-corrected chi connectivity index (χ3v) is 4.21. The van der Waals surface area contributed by atoms with E-state index in [-0.39, 0.29) is 17.7 Å². The molecule has 2 atom stereocenters. The van der Waals surface area contributed by atoms with Crippen molar-refractivity contribution >= 4 is 23.3 Å². The lowest BCUT2D eigenvalue weighted by Gasteiger charge is -2.30. The maximum absolute atomic E-state index is 13.6. The number of aliphatic hydroxyl groups excluding tert-OH is 1. The van der Waals surface area contributed by atoms with E-state index in [9.17, 15) is 18.7 Å². The molecule has 0 aliphatic heterocycles. The lowest BCUT2D eigenvalue weighted by Crippen LogP contribution is -2.46. The smallest absolute Gasteiger partial charge is 0.319 e. The Morgan fingerprint density at radius 3 is 2.67 bits per heavy atom. The van der Waals surface area contributed by atoms with Crippen LogP contribution < -0.4 is 10.6 Å². The first-order valence-electron chi connectivity index (χ1n) is 6.68. The second kappa shape index (κ2) is 6.15. The van der Waals surface area contributed by atoms with Crippen molar-refractivity contribution in [3.63, 3.8) is 0 Å². The molecule has 2 amide bonds. The molecule has 21 heavy (non-hydrogen) atoms. The molecule has 0 heterocycles. The molecule has 1 aromatic carbocycles. The molecule has 0 bridgehead atoms. The second-order valence-electron chi connectivity index (χ2n) is 5.60. The van der Waals surface area contributed by atoms with Crippen molar-refractivity contribution in [1.82, 2.24) is 5.32 Å². The Balaban J connectivity index is 2.06. The van der Waals surface area contributed by atoms with Crippen LogP contribution in [0.4, 0.5) is 19.3 Å². The molecular formula is C14H17ClF2N2O2. The number of hydrogen-bond donors (Lipinski definition) is 3. The van der Waals surface area contributed by atoms with E-state index >= 15 is 0 Å². The number of nitrogens with one attached hydrogen (secondary N) is 2. The maximum atomic E-state index is 13.6. The van der Waals surface area contributed by atoms with Crippen molar-refractivity contribution in [2.24, 2.45) is 5.41 Å². The van der Waals surface area contributed by atoms with Gasteiger partial charge in [-0.05, 0) is 25.0 Å². The fourth-order valence-corrected chi connectivity index (χ4v) is 2.83. The first-order chi connectivity index (χ1) is 9.85. The first kappa shape index (κ1) is 16.0. The van der Waals surface area contributed by atoms with Crippen LogP contribution in [0.5, 0.6) is 0 Å². The SMILES string of the molecule is CC1(CO)CCCC1NC(=O)Nc1c(F)cc(Cl)cc1F. The zero-order chi connectivity index (χ0) is 15.6. The Morgan fingerprint density at radius 2 is 2.10 bits per heavy atom. The minimum absolute atomic E-state index is 0.0540. The number of amides is 2. The molecule has 0 radical (unpaired) electrons. The quantitative estimate of drug-likeness (QED) is 0.801. The van der Waals surface area contributed by atoms with Gasteiger partial charge in [0.1, 0.15) is 5.69 Å². The second-order valence-corrected chi connectivity index (χ2v) is 6.04. The average Bonchev–Trinajstić information content (AvgIpc) is 2.76. The van der Waals surface area contributed by atoms with E-state index in [2.05, 4.69) is 10.6 Å². The van der Waals surface area contributed by atoms with Gasteiger partial charge in [0.05, 0.1) is 6.61 Å². The molecule has 3 N–H and O–H groups in total. The van der Waals surface area contributed by atoms with Crippen molar-refractivity contribution in [1.29, 1.82) is 0 Å². The maximum Gasteiger partial charge on any atom is 0.319 e. The van der Waals surface area contributed by atoms with Gasteiger partial charge in [-0.3, -0.25) is 0 Å². The Kier molecular flexibility index (Phi) is 4.68. The highest BCUT2D eigenvalue weighted by Crippen LogP contribution is 2.37. The van der Waals surface area contributed by atoms with E-state index in [0.29, 0.717) is 0 Å². The molecule has 1 aliphatic carbocycles. The van der Waals surface area contributed by atoms with Crippen LogP contribution in [-0.4, -0.2) is 23.8 Å². The standard InChI is InChI=1S/C14H17ClF2N2O2/c1-14(7-20)4-2-3-11(14)18-13(21)19-12-9(16)5-8(15)6-10(12)17/h5-6,11,20H,2-4,7H2,1H3,(H2,18,19,21). The predicted molar refractivity (Wildman–Crippen MR) is 76.4 cm³/mol. The van der Waals surface area contributed by atoms with Gasteiger partial charge in [-0.1, -0.05) is 24.9 Å². The summed E-state index contributed by atoms with van der Waals surface area (Å²) in [7, 11) is 0. The number of urea groups is 1. The number of carbonyl (C=O) groups is 1. The third-order valence-electron chi connectivity index (χ3n) is 3.99. The summed E-state index contributed by atoms with van der Waals surface area (Å²) in [5.74, 6) is -1.88. The first-order valence-corrected chi connectivity index (χ1v) is 7.06. The van der Waals surface area contributed by atoms with Crippen molar-refractivity contribution in [3.8, 4) is 0 Å². The molecule has 1 aliphatic rings. The summed E-state index contributed by atoms with van der Waals surface area (Å²) in [6.07, 6.45) is 2.39. The van der Waals surface area contributed by atoms with Crippen LogP contribution >= 0.6 is 11.6 Å². The number of aliphatic hydroxyl groups is 1. The molecular weight excluding hydrogens is 302 g/mol. The normalized spacial score (nSPS) is 24.9. The molecule has 0 aromatic heterocycles. The summed E-state index contributed by atoms with van der Waals surface area (Å²) in [5.41, 5.74) is -0.949. The summed E-state index contributed by atoms with van der Waals surface area (Å²) in [6, 6.07) is 0.907. The number of carbonyl (C=O) groups excluding carboxylic acids is 1. The van der Waals surface area contributed by atoms with Gasteiger partial charge in [-0.15, -0.1) is 0 Å². The van der Waals surface area contributed by atoms with Gasteiger partial charge in [0.15, 0.2) is 11.6 Å². The highest BCUT2D eigenvalue weighted by atomic mass is 35.5. The zero-order valence-electron chi connectivity index (χ0n) is 11.5. The Morgan fingerprint density at radius 1 is 1.48 bits per heavy atom. The summed E-state index contributed by atoms with van der Waals surface area (Å²) in [6.45, 7) is 1.82. The molecule has 116 valence electrons.